The molecule has 0 bridgehead atoms. The zero-order valence-corrected chi connectivity index (χ0v) is 19.0. The molecular formula is C27H25NO5. The first-order valence-electron chi connectivity index (χ1n) is 10.7. The summed E-state index contributed by atoms with van der Waals surface area (Å²) in [7, 11) is 1.53. The van der Waals surface area contributed by atoms with Gasteiger partial charge in [-0.05, 0) is 59.7 Å². The third-order valence-electron chi connectivity index (χ3n) is 6.55. The first kappa shape index (κ1) is 22.3. The van der Waals surface area contributed by atoms with E-state index in [-0.39, 0.29) is 23.7 Å². The van der Waals surface area contributed by atoms with Gasteiger partial charge in [-0.1, -0.05) is 48.5 Å². The highest BCUT2D eigenvalue weighted by Crippen LogP contribution is 2.44. The van der Waals surface area contributed by atoms with Crippen molar-refractivity contribution in [1.82, 2.24) is 0 Å². The van der Waals surface area contributed by atoms with Gasteiger partial charge in [0.1, 0.15) is 6.61 Å². The number of anilines is 1. The fraction of sp³-hybridized carbons (Fsp3) is 0.222. The molecule has 6 nitrogen and oxygen atoms in total. The van der Waals surface area contributed by atoms with Gasteiger partial charge in [-0.15, -0.1) is 0 Å². The van der Waals surface area contributed by atoms with Crippen LogP contribution in [0.15, 0.2) is 48.5 Å². The van der Waals surface area contributed by atoms with Crippen molar-refractivity contribution in [2.75, 3.05) is 18.6 Å². The number of nitrogens with zero attached hydrogens (tertiary/aromatic N) is 1. The first-order valence-corrected chi connectivity index (χ1v) is 10.7. The van der Waals surface area contributed by atoms with Crippen LogP contribution in [-0.2, 0) is 4.74 Å². The Hall–Kier alpha value is -3.93. The Morgan fingerprint density at radius 1 is 0.939 bits per heavy atom. The summed E-state index contributed by atoms with van der Waals surface area (Å²) in [4.78, 5) is 37.9. The molecule has 0 radical (unpaired) electrons. The third kappa shape index (κ3) is 3.57. The van der Waals surface area contributed by atoms with Gasteiger partial charge in [-0.3, -0.25) is 9.69 Å². The zero-order valence-electron chi connectivity index (χ0n) is 19.0. The van der Waals surface area contributed by atoms with E-state index in [1.54, 1.807) is 20.8 Å². The smallest absolute Gasteiger partial charge is 0.414 e. The zero-order chi connectivity index (χ0) is 23.9. The predicted octanol–water partition coefficient (Wildman–Crippen LogP) is 5.51. The fourth-order valence-electron chi connectivity index (χ4n) is 5.01. The molecule has 3 aromatic rings. The second kappa shape index (κ2) is 8.54. The lowest BCUT2D eigenvalue weighted by Crippen LogP contribution is -2.31. The molecule has 3 aromatic carbocycles. The van der Waals surface area contributed by atoms with E-state index < -0.39 is 12.1 Å². The lowest BCUT2D eigenvalue weighted by Gasteiger charge is -2.25. The van der Waals surface area contributed by atoms with Crippen LogP contribution in [0.25, 0.3) is 11.1 Å². The van der Waals surface area contributed by atoms with Gasteiger partial charge >= 0.3 is 12.1 Å². The highest BCUT2D eigenvalue weighted by molar-refractivity contribution is 6.01. The molecule has 0 spiro atoms. The highest BCUT2D eigenvalue weighted by Gasteiger charge is 2.30. The summed E-state index contributed by atoms with van der Waals surface area (Å²) in [6.07, 6.45) is 0.0196. The molecule has 0 aliphatic heterocycles. The van der Waals surface area contributed by atoms with Gasteiger partial charge in [0.15, 0.2) is 6.29 Å². The maximum absolute atomic E-state index is 13.1. The molecule has 1 aliphatic carbocycles. The summed E-state index contributed by atoms with van der Waals surface area (Å²) in [5.74, 6) is -1.23. The van der Waals surface area contributed by atoms with Crippen molar-refractivity contribution in [2.45, 2.75) is 26.7 Å². The van der Waals surface area contributed by atoms with Crippen LogP contribution in [0, 0.1) is 20.8 Å². The second-order valence-electron chi connectivity index (χ2n) is 8.30. The lowest BCUT2D eigenvalue weighted by atomic mass is 9.91. The van der Waals surface area contributed by atoms with Crippen molar-refractivity contribution >= 4 is 24.0 Å². The number of carboxylic acids is 1. The van der Waals surface area contributed by atoms with E-state index in [0.717, 1.165) is 22.3 Å². The molecule has 6 heteroatoms. The highest BCUT2D eigenvalue weighted by atomic mass is 16.6. The van der Waals surface area contributed by atoms with Crippen LogP contribution < -0.4 is 4.90 Å². The molecule has 0 aromatic heterocycles. The molecule has 1 amide bonds. The first-order chi connectivity index (χ1) is 15.8. The molecule has 0 heterocycles. The number of carbonyl (C=O) groups excluding carboxylic acids is 2. The average Bonchev–Trinajstić information content (AvgIpc) is 3.11. The number of hydrogen-bond acceptors (Lipinski definition) is 4. The second-order valence-corrected chi connectivity index (χ2v) is 8.30. The van der Waals surface area contributed by atoms with Gasteiger partial charge in [0.2, 0.25) is 0 Å². The fourth-order valence-corrected chi connectivity index (χ4v) is 5.01. The Bertz CT molecular complexity index is 1250. The van der Waals surface area contributed by atoms with E-state index in [2.05, 4.69) is 12.1 Å². The molecule has 0 atom stereocenters. The average molecular weight is 443 g/mol. The topological polar surface area (TPSA) is 83.9 Å². The Kier molecular flexibility index (Phi) is 5.77. The number of ether oxygens (including phenoxy) is 1. The number of amides is 1. The lowest BCUT2D eigenvalue weighted by molar-refractivity contribution is 0.0695. The number of fused-ring (bicyclic) bond motifs is 3. The Morgan fingerprint density at radius 2 is 1.48 bits per heavy atom. The van der Waals surface area contributed by atoms with Crippen molar-refractivity contribution < 1.29 is 24.2 Å². The Balaban J connectivity index is 1.64. The third-order valence-corrected chi connectivity index (χ3v) is 6.55. The summed E-state index contributed by atoms with van der Waals surface area (Å²) < 4.78 is 5.72. The van der Waals surface area contributed by atoms with Crippen LogP contribution in [-0.4, -0.2) is 37.1 Å². The van der Waals surface area contributed by atoms with Crippen LogP contribution in [0.2, 0.25) is 0 Å². The minimum atomic E-state index is -1.14. The van der Waals surface area contributed by atoms with Crippen LogP contribution in [0.5, 0.6) is 0 Å². The molecule has 4 rings (SSSR count). The predicted molar refractivity (Wildman–Crippen MR) is 126 cm³/mol. The Morgan fingerprint density at radius 3 is 2.00 bits per heavy atom. The maximum atomic E-state index is 13.1. The minimum Gasteiger partial charge on any atom is -0.478 e. The van der Waals surface area contributed by atoms with Crippen LogP contribution in [0.4, 0.5) is 10.5 Å². The van der Waals surface area contributed by atoms with Gasteiger partial charge < -0.3 is 9.84 Å². The quantitative estimate of drug-likeness (QED) is 0.526. The summed E-state index contributed by atoms with van der Waals surface area (Å²) in [6.45, 7) is 5.09. The molecule has 1 N–H and O–H groups in total. The van der Waals surface area contributed by atoms with Gasteiger partial charge in [0, 0.05) is 18.5 Å². The largest absolute Gasteiger partial charge is 0.478 e. The van der Waals surface area contributed by atoms with Crippen molar-refractivity contribution in [3.63, 3.8) is 0 Å². The van der Waals surface area contributed by atoms with Crippen molar-refractivity contribution in [3.8, 4) is 11.1 Å². The van der Waals surface area contributed by atoms with Gasteiger partial charge in [0.25, 0.3) is 0 Å². The van der Waals surface area contributed by atoms with Crippen molar-refractivity contribution in [2.24, 2.45) is 0 Å². The summed E-state index contributed by atoms with van der Waals surface area (Å²) >= 11 is 0. The number of rotatable bonds is 5. The standard InChI is InChI=1S/C27H25NO5/c1-15-22(13-29)16(2)25(17(3)24(15)26(30)31)28(4)27(32)33-14-23-20-11-7-5-9-18(20)19-10-6-8-12-21(19)23/h5-13,23H,14H2,1-4H3,(H,30,31). The maximum Gasteiger partial charge on any atom is 0.414 e. The SMILES string of the molecule is Cc1c(C=O)c(C)c(N(C)C(=O)OCC2c3ccccc3-c3ccccc32)c(C)c1C(=O)O. The molecule has 0 saturated heterocycles. The molecular weight excluding hydrogens is 418 g/mol. The number of carboxylic acid groups (broad SMARTS) is 1. The van der Waals surface area contributed by atoms with Gasteiger partial charge in [0.05, 0.1) is 11.3 Å². The summed E-state index contributed by atoms with van der Waals surface area (Å²) in [5.41, 5.74) is 6.49. The van der Waals surface area contributed by atoms with Gasteiger partial charge in [-0.2, -0.15) is 0 Å². The number of aldehydes is 1. The van der Waals surface area contributed by atoms with Crippen LogP contribution >= 0.6 is 0 Å². The van der Waals surface area contributed by atoms with Crippen molar-refractivity contribution in [3.05, 3.63) is 87.5 Å². The monoisotopic (exact) mass is 443 g/mol. The van der Waals surface area contributed by atoms with Crippen molar-refractivity contribution in [1.29, 1.82) is 0 Å². The van der Waals surface area contributed by atoms with E-state index in [4.69, 9.17) is 4.74 Å². The molecule has 0 unspecified atom stereocenters. The van der Waals surface area contributed by atoms with Gasteiger partial charge in [-0.25, -0.2) is 9.59 Å². The molecule has 33 heavy (non-hydrogen) atoms. The van der Waals surface area contributed by atoms with E-state index >= 15 is 0 Å². The number of hydrogen-bond donors (Lipinski definition) is 1. The van der Waals surface area contributed by atoms with E-state index in [1.807, 2.05) is 36.4 Å². The van der Waals surface area contributed by atoms with E-state index in [1.165, 1.54) is 11.9 Å². The van der Waals surface area contributed by atoms with E-state index in [9.17, 15) is 19.5 Å². The molecule has 168 valence electrons. The molecule has 1 aliphatic rings. The van der Waals surface area contributed by atoms with Crippen LogP contribution in [0.1, 0.15) is 54.5 Å². The molecule has 0 fully saturated rings. The van der Waals surface area contributed by atoms with Crippen LogP contribution in [0.3, 0.4) is 0 Å². The summed E-state index contributed by atoms with van der Waals surface area (Å²) in [6, 6.07) is 16.1. The Labute approximate surface area is 192 Å². The summed E-state index contributed by atoms with van der Waals surface area (Å²) in [5, 5.41) is 9.68. The normalized spacial score (nSPS) is 12.1. The molecule has 0 saturated carbocycles. The number of aromatic carboxylic acids is 1. The van der Waals surface area contributed by atoms with E-state index in [0.29, 0.717) is 28.7 Å². The number of carbonyl (C=O) groups is 3. The minimum absolute atomic E-state index is 0.0241. The number of benzene rings is 3.